The number of halogens is 1. The van der Waals surface area contributed by atoms with Crippen molar-refractivity contribution in [3.63, 3.8) is 0 Å². The van der Waals surface area contributed by atoms with Crippen LogP contribution in [-0.2, 0) is 22.5 Å². The largest absolute Gasteiger partial charge is 0.384 e. The Morgan fingerprint density at radius 3 is 2.36 bits per heavy atom. The Morgan fingerprint density at radius 1 is 1.07 bits per heavy atom. The number of benzene rings is 2. The summed E-state index contributed by atoms with van der Waals surface area (Å²) < 4.78 is 5.10. The first-order chi connectivity index (χ1) is 13.5. The van der Waals surface area contributed by atoms with E-state index in [4.69, 9.17) is 16.3 Å². The lowest BCUT2D eigenvalue weighted by Gasteiger charge is -2.39. The highest BCUT2D eigenvalue weighted by Gasteiger charge is 2.30. The molecule has 0 spiro atoms. The molecule has 1 aliphatic heterocycles. The molecule has 1 aliphatic rings. The number of likely N-dealkylation sites (tertiary alicyclic amines) is 1. The first kappa shape index (κ1) is 20.2. The molecule has 7 heteroatoms. The van der Waals surface area contributed by atoms with Gasteiger partial charge in [-0.1, -0.05) is 35.9 Å². The molecule has 0 atom stereocenters. The Kier molecular flexibility index (Phi) is 6.90. The number of rotatable bonds is 7. The lowest BCUT2D eigenvalue weighted by atomic mass is 10.00. The van der Waals surface area contributed by atoms with Gasteiger partial charge in [0.1, 0.15) is 0 Å². The summed E-state index contributed by atoms with van der Waals surface area (Å²) in [5.41, 5.74) is 2.56. The third-order valence-corrected chi connectivity index (χ3v) is 4.90. The van der Waals surface area contributed by atoms with E-state index in [1.54, 1.807) is 31.4 Å². The average Bonchev–Trinajstić information content (AvgIpc) is 2.65. The summed E-state index contributed by atoms with van der Waals surface area (Å²) in [7, 11) is 1.68. The number of methoxy groups -OCH3 is 1. The molecule has 2 aromatic carbocycles. The molecule has 0 bridgehead atoms. The summed E-state index contributed by atoms with van der Waals surface area (Å²) in [4.78, 5) is 26.1. The van der Waals surface area contributed by atoms with E-state index in [1.165, 1.54) is 0 Å². The van der Waals surface area contributed by atoms with Gasteiger partial charge >= 0.3 is 6.03 Å². The standard InChI is InChI=1S/C21H24ClN3O3/c1-28-14-17-12-25(13-17)20(26)10-15-4-8-19(9-5-15)24-21(27)23-11-16-2-6-18(22)7-3-16/h2-9,17H,10-14H2,1H3,(H2,23,24,27). The molecule has 0 aliphatic carbocycles. The van der Waals surface area contributed by atoms with Crippen molar-refractivity contribution in [2.24, 2.45) is 5.92 Å². The highest BCUT2D eigenvalue weighted by atomic mass is 35.5. The van der Waals surface area contributed by atoms with Crippen molar-refractivity contribution in [3.05, 3.63) is 64.7 Å². The second-order valence-corrected chi connectivity index (χ2v) is 7.36. The first-order valence-electron chi connectivity index (χ1n) is 9.18. The molecule has 0 radical (unpaired) electrons. The van der Waals surface area contributed by atoms with Crippen molar-refractivity contribution in [3.8, 4) is 0 Å². The minimum Gasteiger partial charge on any atom is -0.384 e. The van der Waals surface area contributed by atoms with Crippen LogP contribution < -0.4 is 10.6 Å². The van der Waals surface area contributed by atoms with Gasteiger partial charge in [0.05, 0.1) is 13.0 Å². The maximum Gasteiger partial charge on any atom is 0.319 e. The zero-order chi connectivity index (χ0) is 19.9. The van der Waals surface area contributed by atoms with E-state index >= 15 is 0 Å². The van der Waals surface area contributed by atoms with Crippen molar-refractivity contribution in [2.45, 2.75) is 13.0 Å². The van der Waals surface area contributed by atoms with Crippen LogP contribution in [0.4, 0.5) is 10.5 Å². The number of carbonyl (C=O) groups excluding carboxylic acids is 2. The Bertz CT molecular complexity index is 803. The second-order valence-electron chi connectivity index (χ2n) is 6.93. The van der Waals surface area contributed by atoms with Crippen LogP contribution in [0.5, 0.6) is 0 Å². The summed E-state index contributed by atoms with van der Waals surface area (Å²) in [5.74, 6) is 0.570. The van der Waals surface area contributed by atoms with Gasteiger partial charge in [-0.25, -0.2) is 4.79 Å². The summed E-state index contributed by atoms with van der Waals surface area (Å²) in [6.07, 6.45) is 0.364. The smallest absolute Gasteiger partial charge is 0.319 e. The predicted octanol–water partition coefficient (Wildman–Crippen LogP) is 3.31. The van der Waals surface area contributed by atoms with Crippen LogP contribution in [0.2, 0.25) is 5.02 Å². The maximum atomic E-state index is 12.2. The number of hydrogen-bond donors (Lipinski definition) is 2. The van der Waals surface area contributed by atoms with Gasteiger partial charge in [-0.3, -0.25) is 4.79 Å². The van der Waals surface area contributed by atoms with Crippen molar-refractivity contribution >= 4 is 29.2 Å². The molecular formula is C21H24ClN3O3. The number of carbonyl (C=O) groups is 2. The molecule has 1 saturated heterocycles. The van der Waals surface area contributed by atoms with Gasteiger partial charge in [-0.05, 0) is 35.4 Å². The topological polar surface area (TPSA) is 70.7 Å². The summed E-state index contributed by atoms with van der Waals surface area (Å²) in [6.45, 7) is 2.64. The Labute approximate surface area is 169 Å². The van der Waals surface area contributed by atoms with E-state index in [-0.39, 0.29) is 11.9 Å². The third kappa shape index (κ3) is 5.71. The van der Waals surface area contributed by atoms with Gasteiger partial charge in [0, 0.05) is 43.4 Å². The lowest BCUT2D eigenvalue weighted by Crippen LogP contribution is -2.52. The molecule has 1 fully saturated rings. The molecule has 0 unspecified atom stereocenters. The molecule has 0 saturated carbocycles. The van der Waals surface area contributed by atoms with E-state index in [9.17, 15) is 9.59 Å². The molecule has 2 N–H and O–H groups in total. The van der Waals surface area contributed by atoms with E-state index in [0.29, 0.717) is 36.2 Å². The highest BCUT2D eigenvalue weighted by Crippen LogP contribution is 2.18. The monoisotopic (exact) mass is 401 g/mol. The number of anilines is 1. The number of hydrogen-bond acceptors (Lipinski definition) is 3. The molecule has 148 valence electrons. The Balaban J connectivity index is 1.42. The van der Waals surface area contributed by atoms with Gasteiger partial charge in [0.15, 0.2) is 0 Å². The fraction of sp³-hybridized carbons (Fsp3) is 0.333. The van der Waals surface area contributed by atoms with E-state index in [1.807, 2.05) is 29.2 Å². The van der Waals surface area contributed by atoms with Gasteiger partial charge in [0.2, 0.25) is 5.91 Å². The van der Waals surface area contributed by atoms with Crippen LogP contribution in [-0.4, -0.2) is 43.6 Å². The zero-order valence-electron chi connectivity index (χ0n) is 15.8. The summed E-state index contributed by atoms with van der Waals surface area (Å²) >= 11 is 5.85. The number of urea groups is 1. The molecule has 6 nitrogen and oxygen atoms in total. The maximum absolute atomic E-state index is 12.2. The number of nitrogens with zero attached hydrogens (tertiary/aromatic N) is 1. The van der Waals surface area contributed by atoms with Crippen molar-refractivity contribution < 1.29 is 14.3 Å². The molecule has 3 rings (SSSR count). The van der Waals surface area contributed by atoms with Gasteiger partial charge in [-0.15, -0.1) is 0 Å². The van der Waals surface area contributed by atoms with Crippen molar-refractivity contribution in [1.82, 2.24) is 10.2 Å². The molecular weight excluding hydrogens is 378 g/mol. The molecule has 28 heavy (non-hydrogen) atoms. The fourth-order valence-corrected chi connectivity index (χ4v) is 3.19. The predicted molar refractivity (Wildman–Crippen MR) is 109 cm³/mol. The molecule has 2 aromatic rings. The van der Waals surface area contributed by atoms with E-state index in [2.05, 4.69) is 10.6 Å². The molecule has 1 heterocycles. The fourth-order valence-electron chi connectivity index (χ4n) is 3.07. The number of nitrogens with one attached hydrogen (secondary N) is 2. The number of amides is 3. The van der Waals surface area contributed by atoms with Crippen LogP contribution in [0, 0.1) is 5.92 Å². The van der Waals surface area contributed by atoms with Gasteiger partial charge in [0.25, 0.3) is 0 Å². The number of ether oxygens (including phenoxy) is 1. The highest BCUT2D eigenvalue weighted by molar-refractivity contribution is 6.30. The zero-order valence-corrected chi connectivity index (χ0v) is 16.5. The Hall–Kier alpha value is -2.57. The first-order valence-corrected chi connectivity index (χ1v) is 9.56. The van der Waals surface area contributed by atoms with Crippen molar-refractivity contribution in [1.29, 1.82) is 0 Å². The van der Waals surface area contributed by atoms with Crippen LogP contribution >= 0.6 is 11.6 Å². The molecule has 0 aromatic heterocycles. The summed E-state index contributed by atoms with van der Waals surface area (Å²) in [6, 6.07) is 14.3. The van der Waals surface area contributed by atoms with Gasteiger partial charge < -0.3 is 20.3 Å². The Morgan fingerprint density at radius 2 is 1.71 bits per heavy atom. The second kappa shape index (κ2) is 9.57. The van der Waals surface area contributed by atoms with Crippen LogP contribution in [0.1, 0.15) is 11.1 Å². The van der Waals surface area contributed by atoms with Crippen molar-refractivity contribution in [2.75, 3.05) is 32.1 Å². The van der Waals surface area contributed by atoms with E-state index < -0.39 is 0 Å². The van der Waals surface area contributed by atoms with Crippen LogP contribution in [0.25, 0.3) is 0 Å². The quantitative estimate of drug-likeness (QED) is 0.747. The van der Waals surface area contributed by atoms with Crippen LogP contribution in [0.3, 0.4) is 0 Å². The average molecular weight is 402 g/mol. The normalized spacial score (nSPS) is 13.7. The van der Waals surface area contributed by atoms with E-state index in [0.717, 1.165) is 24.2 Å². The third-order valence-electron chi connectivity index (χ3n) is 4.65. The lowest BCUT2D eigenvalue weighted by molar-refractivity contribution is -0.138. The minimum absolute atomic E-state index is 0.119. The van der Waals surface area contributed by atoms with Crippen LogP contribution in [0.15, 0.2) is 48.5 Å². The summed E-state index contributed by atoms with van der Waals surface area (Å²) in [5, 5.41) is 6.24. The van der Waals surface area contributed by atoms with Gasteiger partial charge in [-0.2, -0.15) is 0 Å². The minimum atomic E-state index is -0.288. The molecule has 3 amide bonds. The SMILES string of the molecule is COCC1CN(C(=O)Cc2ccc(NC(=O)NCc3ccc(Cl)cc3)cc2)C1.